The van der Waals surface area contributed by atoms with Crippen LogP contribution in [0.1, 0.15) is 24.8 Å². The Morgan fingerprint density at radius 2 is 2.19 bits per heavy atom. The van der Waals surface area contributed by atoms with E-state index in [1.807, 2.05) is 18.2 Å². The summed E-state index contributed by atoms with van der Waals surface area (Å²) in [5, 5.41) is 0. The van der Waals surface area contributed by atoms with E-state index in [4.69, 9.17) is 5.73 Å². The third-order valence-corrected chi connectivity index (χ3v) is 3.40. The number of aromatic amines is 1. The Hall–Kier alpha value is -1.68. The van der Waals surface area contributed by atoms with Crippen molar-refractivity contribution in [1.29, 1.82) is 0 Å². The summed E-state index contributed by atoms with van der Waals surface area (Å²) in [5.41, 5.74) is 8.58. The van der Waals surface area contributed by atoms with Crippen molar-refractivity contribution >= 4 is 11.0 Å². The average molecular weight is 215 g/mol. The second-order valence-electron chi connectivity index (χ2n) is 4.49. The summed E-state index contributed by atoms with van der Waals surface area (Å²) < 4.78 is 0. The maximum Gasteiger partial charge on any atom is 0.266 e. The van der Waals surface area contributed by atoms with Gasteiger partial charge in [0.05, 0.1) is 17.2 Å². The number of hydrogen-bond donors (Lipinski definition) is 2. The van der Waals surface area contributed by atoms with Crippen LogP contribution in [0.3, 0.4) is 0 Å². The van der Waals surface area contributed by atoms with Crippen LogP contribution in [0.15, 0.2) is 29.2 Å². The summed E-state index contributed by atoms with van der Waals surface area (Å²) >= 11 is 0. The zero-order chi connectivity index (χ0) is 11.2. The fourth-order valence-electron chi connectivity index (χ4n) is 2.19. The molecule has 0 saturated heterocycles. The van der Waals surface area contributed by atoms with Crippen molar-refractivity contribution in [3.05, 3.63) is 40.3 Å². The highest BCUT2D eigenvalue weighted by atomic mass is 16.1. The van der Waals surface area contributed by atoms with E-state index in [1.165, 1.54) is 12.6 Å². The second kappa shape index (κ2) is 3.15. The highest BCUT2D eigenvalue weighted by Gasteiger charge is 2.34. The van der Waals surface area contributed by atoms with Gasteiger partial charge in [0.2, 0.25) is 0 Å². The lowest BCUT2D eigenvalue weighted by atomic mass is 9.73. The number of fused-ring (bicyclic) bond motifs is 1. The number of nitrogens with one attached hydrogen (secondary N) is 1. The van der Waals surface area contributed by atoms with Crippen molar-refractivity contribution in [2.45, 2.75) is 24.8 Å². The summed E-state index contributed by atoms with van der Waals surface area (Å²) in [7, 11) is 0. The minimum absolute atomic E-state index is 0.175. The predicted molar refractivity (Wildman–Crippen MR) is 62.1 cm³/mol. The normalized spacial score (nSPS) is 18.3. The Bertz CT molecular complexity index is 598. The molecule has 0 radical (unpaired) electrons. The van der Waals surface area contributed by atoms with Gasteiger partial charge < -0.3 is 10.7 Å². The van der Waals surface area contributed by atoms with Crippen molar-refractivity contribution < 1.29 is 0 Å². The Balaban J connectivity index is 2.16. The quantitative estimate of drug-likeness (QED) is 0.752. The third kappa shape index (κ3) is 1.34. The molecule has 82 valence electrons. The molecule has 3 rings (SSSR count). The van der Waals surface area contributed by atoms with E-state index in [-0.39, 0.29) is 11.1 Å². The maximum absolute atomic E-state index is 11.1. The lowest BCUT2D eigenvalue weighted by Gasteiger charge is -2.38. The first-order valence-corrected chi connectivity index (χ1v) is 5.46. The first-order valence-electron chi connectivity index (χ1n) is 5.46. The molecule has 1 fully saturated rings. The largest absolute Gasteiger partial charge is 0.321 e. The van der Waals surface area contributed by atoms with Crippen LogP contribution in [-0.4, -0.2) is 9.97 Å². The van der Waals surface area contributed by atoms with Gasteiger partial charge in [0, 0.05) is 5.54 Å². The van der Waals surface area contributed by atoms with E-state index in [1.54, 1.807) is 0 Å². The topological polar surface area (TPSA) is 71.8 Å². The minimum atomic E-state index is -0.175. The van der Waals surface area contributed by atoms with E-state index < -0.39 is 0 Å². The molecule has 1 aliphatic rings. The number of H-pyrrole nitrogens is 1. The van der Waals surface area contributed by atoms with Crippen molar-refractivity contribution in [3.63, 3.8) is 0 Å². The van der Waals surface area contributed by atoms with Gasteiger partial charge in [-0.3, -0.25) is 4.79 Å². The average Bonchev–Trinajstić information content (AvgIpc) is 2.25. The van der Waals surface area contributed by atoms with Gasteiger partial charge in [-0.1, -0.05) is 6.07 Å². The van der Waals surface area contributed by atoms with Gasteiger partial charge >= 0.3 is 0 Å². The standard InChI is InChI=1S/C12H13N3O/c13-12(4-1-5-12)8-2-3-9-10(6-8)14-7-11(16)15-9/h2-3,6-7H,1,4-5,13H2,(H,15,16). The van der Waals surface area contributed by atoms with Gasteiger partial charge in [0.1, 0.15) is 0 Å². The van der Waals surface area contributed by atoms with Crippen LogP contribution in [-0.2, 0) is 5.54 Å². The molecular weight excluding hydrogens is 202 g/mol. The summed E-state index contributed by atoms with van der Waals surface area (Å²) in [4.78, 5) is 17.9. The molecule has 4 nitrogen and oxygen atoms in total. The number of hydrogen-bond acceptors (Lipinski definition) is 3. The lowest BCUT2D eigenvalue weighted by Crippen LogP contribution is -2.43. The second-order valence-corrected chi connectivity index (χ2v) is 4.49. The van der Waals surface area contributed by atoms with Gasteiger partial charge in [-0.15, -0.1) is 0 Å². The van der Waals surface area contributed by atoms with Crippen LogP contribution in [0, 0.1) is 0 Å². The Kier molecular flexibility index (Phi) is 1.88. The highest BCUT2D eigenvalue weighted by molar-refractivity contribution is 5.74. The smallest absolute Gasteiger partial charge is 0.266 e. The van der Waals surface area contributed by atoms with Crippen LogP contribution in [0.4, 0.5) is 0 Å². The zero-order valence-electron chi connectivity index (χ0n) is 8.86. The molecule has 3 N–H and O–H groups in total. The Morgan fingerprint density at radius 1 is 1.38 bits per heavy atom. The van der Waals surface area contributed by atoms with Crippen LogP contribution in [0.2, 0.25) is 0 Å². The number of rotatable bonds is 1. The molecule has 2 aromatic rings. The number of benzene rings is 1. The summed E-state index contributed by atoms with van der Waals surface area (Å²) in [6.45, 7) is 0. The van der Waals surface area contributed by atoms with Crippen LogP contribution in [0.5, 0.6) is 0 Å². The van der Waals surface area contributed by atoms with E-state index in [2.05, 4.69) is 9.97 Å². The van der Waals surface area contributed by atoms with Gasteiger partial charge in [0.15, 0.2) is 0 Å². The molecule has 0 unspecified atom stereocenters. The first-order chi connectivity index (χ1) is 7.67. The molecule has 0 atom stereocenters. The van der Waals surface area contributed by atoms with Gasteiger partial charge in [-0.2, -0.15) is 0 Å². The molecular formula is C12H13N3O. The molecule has 16 heavy (non-hydrogen) atoms. The van der Waals surface area contributed by atoms with Crippen LogP contribution < -0.4 is 11.3 Å². The Morgan fingerprint density at radius 3 is 2.88 bits per heavy atom. The van der Waals surface area contributed by atoms with Gasteiger partial charge in [0.25, 0.3) is 5.56 Å². The summed E-state index contributed by atoms with van der Waals surface area (Å²) in [6, 6.07) is 5.84. The first kappa shape index (κ1) is 9.54. The fourth-order valence-corrected chi connectivity index (χ4v) is 2.19. The molecule has 4 heteroatoms. The van der Waals surface area contributed by atoms with E-state index in [0.717, 1.165) is 29.4 Å². The molecule has 1 saturated carbocycles. The molecule has 0 aliphatic heterocycles. The third-order valence-electron chi connectivity index (χ3n) is 3.40. The van der Waals surface area contributed by atoms with E-state index in [9.17, 15) is 4.79 Å². The predicted octanol–water partition coefficient (Wildman–Crippen LogP) is 1.26. The van der Waals surface area contributed by atoms with Crippen molar-refractivity contribution in [3.8, 4) is 0 Å². The SMILES string of the molecule is NC1(c2ccc3[nH]c(=O)cnc3c2)CCC1. The molecule has 0 bridgehead atoms. The van der Waals surface area contributed by atoms with Crippen LogP contribution >= 0.6 is 0 Å². The van der Waals surface area contributed by atoms with Gasteiger partial charge in [-0.25, -0.2) is 4.98 Å². The zero-order valence-corrected chi connectivity index (χ0v) is 8.86. The highest BCUT2D eigenvalue weighted by Crippen LogP contribution is 2.39. The van der Waals surface area contributed by atoms with Crippen molar-refractivity contribution in [2.75, 3.05) is 0 Å². The number of aromatic nitrogens is 2. The molecule has 1 aromatic carbocycles. The molecule has 1 aromatic heterocycles. The molecule has 0 amide bonds. The van der Waals surface area contributed by atoms with E-state index >= 15 is 0 Å². The Labute approximate surface area is 92.5 Å². The van der Waals surface area contributed by atoms with Gasteiger partial charge in [-0.05, 0) is 37.0 Å². The van der Waals surface area contributed by atoms with Crippen molar-refractivity contribution in [1.82, 2.24) is 9.97 Å². The summed E-state index contributed by atoms with van der Waals surface area (Å²) in [6.07, 6.45) is 4.55. The minimum Gasteiger partial charge on any atom is -0.321 e. The van der Waals surface area contributed by atoms with Crippen LogP contribution in [0.25, 0.3) is 11.0 Å². The van der Waals surface area contributed by atoms with Crippen molar-refractivity contribution in [2.24, 2.45) is 5.73 Å². The molecule has 1 heterocycles. The molecule has 0 spiro atoms. The fraction of sp³-hybridized carbons (Fsp3) is 0.333. The maximum atomic E-state index is 11.1. The number of nitrogens with zero attached hydrogens (tertiary/aromatic N) is 1. The monoisotopic (exact) mass is 215 g/mol. The summed E-state index contributed by atoms with van der Waals surface area (Å²) in [5.74, 6) is 0. The lowest BCUT2D eigenvalue weighted by molar-refractivity contribution is 0.254. The van der Waals surface area contributed by atoms with E-state index in [0.29, 0.717) is 0 Å². The molecule has 1 aliphatic carbocycles. The number of nitrogens with two attached hydrogens (primary N) is 1.